The first kappa shape index (κ1) is 20.1. The molecule has 150 valence electrons. The van der Waals surface area contributed by atoms with Gasteiger partial charge in [-0.15, -0.1) is 0 Å². The Bertz CT molecular complexity index is 568. The van der Waals surface area contributed by atoms with E-state index >= 15 is 0 Å². The molecule has 0 bridgehead atoms. The maximum Gasteiger partial charge on any atom is 0.238 e. The Morgan fingerprint density at radius 1 is 1.11 bits per heavy atom. The van der Waals surface area contributed by atoms with Crippen LogP contribution in [0.2, 0.25) is 0 Å². The van der Waals surface area contributed by atoms with Crippen LogP contribution in [0.1, 0.15) is 51.9 Å². The van der Waals surface area contributed by atoms with E-state index in [0.717, 1.165) is 58.0 Å². The minimum Gasteiger partial charge on any atom is -0.378 e. The van der Waals surface area contributed by atoms with Crippen molar-refractivity contribution < 1.29 is 14.3 Å². The predicted molar refractivity (Wildman–Crippen MR) is 101 cm³/mol. The number of nitrogens with zero attached hydrogens (tertiary/aromatic N) is 3. The molecule has 3 fully saturated rings. The highest BCUT2D eigenvalue weighted by molar-refractivity contribution is 5.82. The number of rotatable bonds is 4. The van der Waals surface area contributed by atoms with Crippen molar-refractivity contribution >= 4 is 11.8 Å². The number of ether oxygens (including phenoxy) is 1. The second kappa shape index (κ2) is 9.03. The first-order chi connectivity index (χ1) is 13.0. The molecule has 1 unspecified atom stereocenters. The fourth-order valence-electron chi connectivity index (χ4n) is 4.50. The van der Waals surface area contributed by atoms with Crippen molar-refractivity contribution in [2.24, 2.45) is 5.92 Å². The molecule has 7 heteroatoms. The highest BCUT2D eigenvalue weighted by Gasteiger charge is 2.37. The molecule has 0 radical (unpaired) electrons. The molecule has 1 N–H and O–H groups in total. The first-order valence-corrected chi connectivity index (χ1v) is 10.4. The Balaban J connectivity index is 1.49. The van der Waals surface area contributed by atoms with Gasteiger partial charge >= 0.3 is 0 Å². The van der Waals surface area contributed by atoms with Gasteiger partial charge in [0, 0.05) is 19.0 Å². The molecule has 2 aliphatic heterocycles. The molecule has 27 heavy (non-hydrogen) atoms. The van der Waals surface area contributed by atoms with Crippen molar-refractivity contribution in [1.29, 1.82) is 5.26 Å². The molecule has 1 aliphatic carbocycles. The quantitative estimate of drug-likeness (QED) is 0.799. The molecular formula is C20H32N4O3. The minimum absolute atomic E-state index is 0.0541. The van der Waals surface area contributed by atoms with Gasteiger partial charge in [-0.05, 0) is 45.7 Å². The third kappa shape index (κ3) is 4.80. The molecule has 2 saturated heterocycles. The van der Waals surface area contributed by atoms with E-state index in [1.54, 1.807) is 0 Å². The van der Waals surface area contributed by atoms with Crippen molar-refractivity contribution in [3.8, 4) is 6.07 Å². The van der Waals surface area contributed by atoms with Crippen LogP contribution in [-0.2, 0) is 14.3 Å². The van der Waals surface area contributed by atoms with Crippen LogP contribution in [-0.4, -0.2) is 72.6 Å². The normalized spacial score (nSPS) is 25.4. The first-order valence-electron chi connectivity index (χ1n) is 10.4. The van der Waals surface area contributed by atoms with Gasteiger partial charge in [0.25, 0.3) is 0 Å². The van der Waals surface area contributed by atoms with E-state index in [4.69, 9.17) is 4.74 Å². The number of hydrogen-bond donors (Lipinski definition) is 1. The highest BCUT2D eigenvalue weighted by Crippen LogP contribution is 2.28. The Morgan fingerprint density at radius 2 is 1.74 bits per heavy atom. The van der Waals surface area contributed by atoms with E-state index in [9.17, 15) is 14.9 Å². The van der Waals surface area contributed by atoms with Gasteiger partial charge in [0.15, 0.2) is 0 Å². The molecule has 0 aromatic heterocycles. The highest BCUT2D eigenvalue weighted by atomic mass is 16.5. The van der Waals surface area contributed by atoms with E-state index < -0.39 is 5.54 Å². The van der Waals surface area contributed by atoms with Gasteiger partial charge in [-0.2, -0.15) is 5.26 Å². The third-order valence-electron chi connectivity index (χ3n) is 6.41. The fraction of sp³-hybridized carbons (Fsp3) is 0.850. The summed E-state index contributed by atoms with van der Waals surface area (Å²) < 4.78 is 5.32. The van der Waals surface area contributed by atoms with E-state index in [2.05, 4.69) is 16.3 Å². The van der Waals surface area contributed by atoms with Gasteiger partial charge in [0.05, 0.1) is 25.3 Å². The Labute approximate surface area is 162 Å². The fourth-order valence-corrected chi connectivity index (χ4v) is 4.50. The molecule has 1 saturated carbocycles. The van der Waals surface area contributed by atoms with Crippen molar-refractivity contribution in [1.82, 2.24) is 15.1 Å². The predicted octanol–water partition coefficient (Wildman–Crippen LogP) is 1.29. The number of carbonyl (C=O) groups is 2. The third-order valence-corrected chi connectivity index (χ3v) is 6.41. The van der Waals surface area contributed by atoms with Gasteiger partial charge in [0.1, 0.15) is 5.54 Å². The summed E-state index contributed by atoms with van der Waals surface area (Å²) in [6, 6.07) is 2.09. The lowest BCUT2D eigenvalue weighted by Gasteiger charge is -2.39. The molecule has 7 nitrogen and oxygen atoms in total. The lowest BCUT2D eigenvalue weighted by atomic mass is 9.82. The van der Waals surface area contributed by atoms with Crippen LogP contribution in [0.25, 0.3) is 0 Å². The monoisotopic (exact) mass is 376 g/mol. The number of nitrogens with one attached hydrogen (secondary N) is 1. The lowest BCUT2D eigenvalue weighted by Crippen LogP contribution is -2.56. The average Bonchev–Trinajstić information content (AvgIpc) is 2.74. The summed E-state index contributed by atoms with van der Waals surface area (Å²) in [5.74, 6) is 0.232. The zero-order valence-electron chi connectivity index (χ0n) is 16.4. The minimum atomic E-state index is -0.686. The van der Waals surface area contributed by atoms with Crippen LogP contribution in [0.3, 0.4) is 0 Å². The van der Waals surface area contributed by atoms with Crippen LogP contribution < -0.4 is 5.32 Å². The molecule has 0 spiro atoms. The zero-order chi connectivity index (χ0) is 19.3. The summed E-state index contributed by atoms with van der Waals surface area (Å²) >= 11 is 0. The largest absolute Gasteiger partial charge is 0.378 e. The summed E-state index contributed by atoms with van der Waals surface area (Å²) in [5.41, 5.74) is -0.686. The molecule has 0 aromatic carbocycles. The summed E-state index contributed by atoms with van der Waals surface area (Å²) in [4.78, 5) is 29.4. The molecule has 3 aliphatic rings. The van der Waals surface area contributed by atoms with Gasteiger partial charge < -0.3 is 15.0 Å². The molecule has 2 heterocycles. The second-order valence-electron chi connectivity index (χ2n) is 8.17. The van der Waals surface area contributed by atoms with E-state index in [1.807, 2.05) is 11.8 Å². The van der Waals surface area contributed by atoms with Crippen LogP contribution in [0.15, 0.2) is 0 Å². The summed E-state index contributed by atoms with van der Waals surface area (Å²) in [7, 11) is 0. The Hall–Kier alpha value is -1.65. The number of piperidine rings is 1. The second-order valence-corrected chi connectivity index (χ2v) is 8.17. The Kier molecular flexibility index (Phi) is 6.72. The maximum absolute atomic E-state index is 12.7. The number of amides is 2. The number of carbonyl (C=O) groups excluding carboxylic acids is 2. The maximum atomic E-state index is 12.7. The molecular weight excluding hydrogens is 344 g/mol. The SMILES string of the molecule is CC(C(=O)NC1(C#N)CCCCC1)N1CCC(C(=O)N2CCOCC2)CC1. The van der Waals surface area contributed by atoms with Gasteiger partial charge in [-0.25, -0.2) is 0 Å². The molecule has 3 rings (SSSR count). The smallest absolute Gasteiger partial charge is 0.238 e. The molecule has 2 amide bonds. The van der Waals surface area contributed by atoms with Crippen LogP contribution in [0.5, 0.6) is 0 Å². The van der Waals surface area contributed by atoms with Crippen molar-refractivity contribution in [2.75, 3.05) is 39.4 Å². The number of hydrogen-bond acceptors (Lipinski definition) is 5. The summed E-state index contributed by atoms with van der Waals surface area (Å²) in [6.45, 7) is 6.03. The van der Waals surface area contributed by atoms with Gasteiger partial charge in [-0.3, -0.25) is 14.5 Å². The van der Waals surface area contributed by atoms with Gasteiger partial charge in [0.2, 0.25) is 11.8 Å². The van der Waals surface area contributed by atoms with Crippen molar-refractivity contribution in [3.05, 3.63) is 0 Å². The summed E-state index contributed by atoms with van der Waals surface area (Å²) in [6.07, 6.45) is 6.21. The number of morpholine rings is 1. The van der Waals surface area contributed by atoms with Crippen LogP contribution in [0, 0.1) is 17.2 Å². The van der Waals surface area contributed by atoms with Gasteiger partial charge in [-0.1, -0.05) is 19.3 Å². The number of nitriles is 1. The molecule has 1 atom stereocenters. The van der Waals surface area contributed by atoms with Crippen LogP contribution >= 0.6 is 0 Å². The number of likely N-dealkylation sites (tertiary alicyclic amines) is 1. The lowest BCUT2D eigenvalue weighted by molar-refractivity contribution is -0.141. The topological polar surface area (TPSA) is 85.7 Å². The zero-order valence-corrected chi connectivity index (χ0v) is 16.4. The van der Waals surface area contributed by atoms with E-state index in [-0.39, 0.29) is 23.8 Å². The standard InChI is InChI=1S/C20H32N4O3/c1-16(18(25)22-20(15-21)7-3-2-4-8-20)23-9-5-17(6-10-23)19(26)24-11-13-27-14-12-24/h16-17H,2-14H2,1H3,(H,22,25). The van der Waals surface area contributed by atoms with Crippen molar-refractivity contribution in [3.63, 3.8) is 0 Å². The average molecular weight is 377 g/mol. The van der Waals surface area contributed by atoms with Crippen molar-refractivity contribution in [2.45, 2.75) is 63.5 Å². The van der Waals surface area contributed by atoms with Crippen LogP contribution in [0.4, 0.5) is 0 Å². The Morgan fingerprint density at radius 3 is 2.33 bits per heavy atom. The molecule has 0 aromatic rings. The summed E-state index contributed by atoms with van der Waals surface area (Å²) in [5, 5.41) is 12.6. The van der Waals surface area contributed by atoms with E-state index in [1.165, 1.54) is 0 Å². The van der Waals surface area contributed by atoms with E-state index in [0.29, 0.717) is 26.3 Å².